The minimum atomic E-state index is -4.23. The topological polar surface area (TPSA) is 96.0 Å². The second kappa shape index (κ2) is 15.8. The fourth-order valence-corrected chi connectivity index (χ4v) is 6.54. The van der Waals surface area contributed by atoms with Crippen molar-refractivity contribution < 1.29 is 22.7 Å². The van der Waals surface area contributed by atoms with Crippen LogP contribution in [-0.4, -0.2) is 50.9 Å². The summed E-state index contributed by atoms with van der Waals surface area (Å²) in [5.74, 6) is -0.483. The maximum absolute atomic E-state index is 14.6. The summed E-state index contributed by atoms with van der Waals surface area (Å²) >= 11 is 6.57. The van der Waals surface area contributed by atoms with Gasteiger partial charge in [0.05, 0.1) is 17.7 Å². The molecule has 4 aromatic rings. The Bertz CT molecular complexity index is 1730. The highest BCUT2D eigenvalue weighted by Gasteiger charge is 2.35. The number of hydrogen-bond acceptors (Lipinski definition) is 5. The van der Waals surface area contributed by atoms with E-state index in [9.17, 15) is 18.0 Å². The van der Waals surface area contributed by atoms with Crippen LogP contribution in [0.15, 0.2) is 108 Å². The Hall–Kier alpha value is -4.34. The van der Waals surface area contributed by atoms with E-state index in [0.717, 1.165) is 15.4 Å². The first-order valence-corrected chi connectivity index (χ1v) is 17.0. The third-order valence-electron chi connectivity index (χ3n) is 7.80. The zero-order valence-electron chi connectivity index (χ0n) is 26.5. The lowest BCUT2D eigenvalue weighted by Gasteiger charge is -2.34. The number of amides is 2. The van der Waals surface area contributed by atoms with Crippen LogP contribution in [0.2, 0.25) is 5.02 Å². The van der Waals surface area contributed by atoms with E-state index < -0.39 is 28.5 Å². The number of rotatable bonds is 14. The summed E-state index contributed by atoms with van der Waals surface area (Å²) in [5.41, 5.74) is 2.61. The summed E-state index contributed by atoms with van der Waals surface area (Å²) in [5, 5.41) is 3.46. The van der Waals surface area contributed by atoms with Crippen molar-refractivity contribution in [2.75, 3.05) is 18.0 Å². The molecule has 0 spiro atoms. The lowest BCUT2D eigenvalue weighted by molar-refractivity contribution is -0.140. The Morgan fingerprint density at radius 1 is 0.913 bits per heavy atom. The number of carbonyl (C=O) groups is 2. The van der Waals surface area contributed by atoms with Crippen molar-refractivity contribution in [3.63, 3.8) is 0 Å². The van der Waals surface area contributed by atoms with Crippen LogP contribution in [0.4, 0.5) is 5.69 Å². The van der Waals surface area contributed by atoms with Crippen molar-refractivity contribution in [2.24, 2.45) is 0 Å². The number of halogens is 1. The minimum absolute atomic E-state index is 0.0134. The second-order valence-electron chi connectivity index (χ2n) is 11.2. The number of hydrogen-bond donors (Lipinski definition) is 1. The number of carbonyl (C=O) groups excluding carboxylic acids is 2. The Balaban J connectivity index is 1.83. The average Bonchev–Trinajstić information content (AvgIpc) is 3.06. The van der Waals surface area contributed by atoms with Crippen LogP contribution in [0.5, 0.6) is 5.75 Å². The second-order valence-corrected chi connectivity index (χ2v) is 13.4. The van der Waals surface area contributed by atoms with E-state index in [2.05, 4.69) is 5.32 Å². The third kappa shape index (κ3) is 8.68. The van der Waals surface area contributed by atoms with Crippen LogP contribution in [-0.2, 0) is 32.6 Å². The quantitative estimate of drug-likeness (QED) is 0.169. The van der Waals surface area contributed by atoms with Crippen LogP contribution in [0.25, 0.3) is 0 Å². The molecule has 0 heterocycles. The molecule has 0 saturated carbocycles. The number of sulfonamides is 1. The lowest BCUT2D eigenvalue weighted by atomic mass is 10.0. The smallest absolute Gasteiger partial charge is 0.264 e. The Labute approximate surface area is 277 Å². The first-order valence-electron chi connectivity index (χ1n) is 15.1. The Morgan fingerprint density at radius 2 is 1.59 bits per heavy atom. The van der Waals surface area contributed by atoms with E-state index in [1.54, 1.807) is 60.7 Å². The molecule has 0 aliphatic heterocycles. The molecule has 8 nitrogen and oxygen atoms in total. The standard InChI is InChI=1S/C36H40ClN3O5S/c1-5-27(3)38-36(42)34(22-28-12-7-6-8-13-28)39(24-29-14-9-10-17-33(29)37)35(41)25-40(30-15-11-16-31(23-30)45-4)46(43,44)32-20-18-26(2)19-21-32/h6-21,23,27,34H,5,22,24-25H2,1-4H3,(H,38,42)/t27-,34+/m0/s1. The van der Waals surface area contributed by atoms with Gasteiger partial charge in [-0.1, -0.05) is 90.8 Å². The molecule has 0 aromatic heterocycles. The molecule has 10 heteroatoms. The molecule has 4 rings (SSSR count). The summed E-state index contributed by atoms with van der Waals surface area (Å²) in [6, 6.07) is 28.4. The average molecular weight is 662 g/mol. The minimum Gasteiger partial charge on any atom is -0.497 e. The number of aryl methyl sites for hydroxylation is 1. The SMILES string of the molecule is CC[C@H](C)NC(=O)[C@@H](Cc1ccccc1)N(Cc1ccccc1Cl)C(=O)CN(c1cccc(OC)c1)S(=O)(=O)c1ccc(C)cc1. The van der Waals surface area contributed by atoms with Crippen molar-refractivity contribution in [1.29, 1.82) is 0 Å². The number of methoxy groups -OCH3 is 1. The maximum atomic E-state index is 14.6. The largest absolute Gasteiger partial charge is 0.497 e. The van der Waals surface area contributed by atoms with Crippen LogP contribution in [0, 0.1) is 6.92 Å². The van der Waals surface area contributed by atoms with E-state index in [1.807, 2.05) is 51.1 Å². The van der Waals surface area contributed by atoms with Gasteiger partial charge in [-0.25, -0.2) is 8.42 Å². The van der Waals surface area contributed by atoms with Gasteiger partial charge in [0.1, 0.15) is 18.3 Å². The first-order chi connectivity index (χ1) is 22.0. The highest BCUT2D eigenvalue weighted by Crippen LogP contribution is 2.28. The third-order valence-corrected chi connectivity index (χ3v) is 9.96. The molecular weight excluding hydrogens is 622 g/mol. The van der Waals surface area contributed by atoms with Crippen molar-refractivity contribution in [1.82, 2.24) is 10.2 Å². The molecule has 242 valence electrons. The van der Waals surface area contributed by atoms with Crippen LogP contribution < -0.4 is 14.4 Å². The van der Waals surface area contributed by atoms with E-state index in [4.69, 9.17) is 16.3 Å². The van der Waals surface area contributed by atoms with Crippen molar-refractivity contribution in [3.05, 3.63) is 125 Å². The lowest BCUT2D eigenvalue weighted by Crippen LogP contribution is -2.54. The van der Waals surface area contributed by atoms with Crippen LogP contribution in [0.1, 0.15) is 37.0 Å². The van der Waals surface area contributed by atoms with Gasteiger partial charge in [0, 0.05) is 30.1 Å². The van der Waals surface area contributed by atoms with Gasteiger partial charge >= 0.3 is 0 Å². The molecule has 2 amide bonds. The highest BCUT2D eigenvalue weighted by atomic mass is 35.5. The zero-order valence-corrected chi connectivity index (χ0v) is 28.1. The van der Waals surface area contributed by atoms with Crippen LogP contribution in [0.3, 0.4) is 0 Å². The van der Waals surface area contributed by atoms with Gasteiger partial charge in [0.15, 0.2) is 0 Å². The van der Waals surface area contributed by atoms with E-state index in [-0.39, 0.29) is 35.5 Å². The van der Waals surface area contributed by atoms with Crippen LogP contribution >= 0.6 is 11.6 Å². The number of nitrogens with one attached hydrogen (secondary N) is 1. The molecule has 46 heavy (non-hydrogen) atoms. The summed E-state index contributed by atoms with van der Waals surface area (Å²) < 4.78 is 34.9. The van der Waals surface area contributed by atoms with Crippen molar-refractivity contribution in [3.8, 4) is 5.75 Å². The molecule has 0 radical (unpaired) electrons. The Kier molecular flexibility index (Phi) is 11.8. The highest BCUT2D eigenvalue weighted by molar-refractivity contribution is 7.92. The van der Waals surface area contributed by atoms with Crippen molar-refractivity contribution in [2.45, 2.75) is 57.1 Å². The molecule has 0 fully saturated rings. The molecular formula is C36H40ClN3O5S. The molecule has 1 N–H and O–H groups in total. The fourth-order valence-electron chi connectivity index (χ4n) is 4.94. The summed E-state index contributed by atoms with van der Waals surface area (Å²) in [4.78, 5) is 30.0. The number of anilines is 1. The summed E-state index contributed by atoms with van der Waals surface area (Å²) in [7, 11) is -2.74. The summed E-state index contributed by atoms with van der Waals surface area (Å²) in [6.07, 6.45) is 0.907. The van der Waals surface area contributed by atoms with E-state index in [0.29, 0.717) is 22.8 Å². The molecule has 0 unspecified atom stereocenters. The normalized spacial score (nSPS) is 12.5. The van der Waals surface area contributed by atoms with Gasteiger partial charge in [0.2, 0.25) is 11.8 Å². The molecule has 0 saturated heterocycles. The maximum Gasteiger partial charge on any atom is 0.264 e. The van der Waals surface area contributed by atoms with E-state index in [1.165, 1.54) is 24.1 Å². The monoisotopic (exact) mass is 661 g/mol. The van der Waals surface area contributed by atoms with Gasteiger partial charge in [-0.15, -0.1) is 0 Å². The Morgan fingerprint density at radius 3 is 2.24 bits per heavy atom. The van der Waals surface area contributed by atoms with Gasteiger partial charge in [-0.05, 0) is 61.7 Å². The first kappa shape index (κ1) is 34.5. The van der Waals surface area contributed by atoms with Gasteiger partial charge in [-0.3, -0.25) is 13.9 Å². The van der Waals surface area contributed by atoms with Gasteiger partial charge in [-0.2, -0.15) is 0 Å². The molecule has 0 aliphatic carbocycles. The van der Waals surface area contributed by atoms with Gasteiger partial charge in [0.25, 0.3) is 10.0 Å². The van der Waals surface area contributed by atoms with Gasteiger partial charge < -0.3 is 15.0 Å². The number of ether oxygens (including phenoxy) is 1. The number of benzene rings is 4. The zero-order chi connectivity index (χ0) is 33.3. The predicted octanol–water partition coefficient (Wildman–Crippen LogP) is 6.41. The van der Waals surface area contributed by atoms with Crippen molar-refractivity contribution >= 4 is 39.1 Å². The fraction of sp³-hybridized carbons (Fsp3) is 0.278. The molecule has 0 aliphatic rings. The molecule has 4 aromatic carbocycles. The predicted molar refractivity (Wildman–Crippen MR) is 183 cm³/mol. The number of nitrogens with zero attached hydrogens (tertiary/aromatic N) is 2. The molecule has 2 atom stereocenters. The summed E-state index contributed by atoms with van der Waals surface area (Å²) in [6.45, 7) is 5.14. The van der Waals surface area contributed by atoms with E-state index >= 15 is 0 Å². The molecule has 0 bridgehead atoms.